The van der Waals surface area contributed by atoms with E-state index in [9.17, 15) is 9.90 Å². The van der Waals surface area contributed by atoms with Crippen LogP contribution >= 0.6 is 23.4 Å². The van der Waals surface area contributed by atoms with Gasteiger partial charge in [0.2, 0.25) is 0 Å². The molecule has 0 amide bonds. The van der Waals surface area contributed by atoms with Crippen LogP contribution in [0, 0.1) is 6.92 Å². The number of benzene rings is 2. The highest BCUT2D eigenvalue weighted by Crippen LogP contribution is 2.49. The van der Waals surface area contributed by atoms with Crippen molar-refractivity contribution in [2.24, 2.45) is 0 Å². The van der Waals surface area contributed by atoms with E-state index in [-0.39, 0.29) is 0 Å². The van der Waals surface area contributed by atoms with Gasteiger partial charge >= 0.3 is 5.97 Å². The molecule has 4 aromatic rings. The molecule has 0 radical (unpaired) electrons. The fourth-order valence-corrected chi connectivity index (χ4v) is 5.44. The molecule has 0 aliphatic heterocycles. The smallest absolute Gasteiger partial charge is 0.314 e. The SMILES string of the molecule is CCn1cc(-n2c(C)c(Sc3cccc(C4(C(=O)O)CC4)c3)c3ccc(Cl)cc32)cn1. The van der Waals surface area contributed by atoms with Crippen molar-refractivity contribution in [1.29, 1.82) is 0 Å². The number of rotatable bonds is 6. The summed E-state index contributed by atoms with van der Waals surface area (Å²) in [6.45, 7) is 4.97. The van der Waals surface area contributed by atoms with Crippen LogP contribution in [0.25, 0.3) is 16.6 Å². The summed E-state index contributed by atoms with van der Waals surface area (Å²) < 4.78 is 4.09. The van der Waals surface area contributed by atoms with Gasteiger partial charge in [-0.25, -0.2) is 0 Å². The molecule has 1 fully saturated rings. The van der Waals surface area contributed by atoms with Crippen molar-refractivity contribution < 1.29 is 9.90 Å². The first-order valence-electron chi connectivity index (χ1n) is 10.3. The van der Waals surface area contributed by atoms with Crippen LogP contribution in [0.2, 0.25) is 5.02 Å². The van der Waals surface area contributed by atoms with Gasteiger partial charge in [-0.3, -0.25) is 9.48 Å². The van der Waals surface area contributed by atoms with E-state index in [1.807, 2.05) is 53.5 Å². The van der Waals surface area contributed by atoms with Crippen LogP contribution in [0.15, 0.2) is 64.6 Å². The van der Waals surface area contributed by atoms with E-state index in [4.69, 9.17) is 11.6 Å². The van der Waals surface area contributed by atoms with Gasteiger partial charge in [-0.2, -0.15) is 5.10 Å². The summed E-state index contributed by atoms with van der Waals surface area (Å²) in [6, 6.07) is 13.9. The van der Waals surface area contributed by atoms with Crippen molar-refractivity contribution in [3.05, 3.63) is 71.1 Å². The molecule has 31 heavy (non-hydrogen) atoms. The zero-order chi connectivity index (χ0) is 21.8. The minimum atomic E-state index is -0.731. The van der Waals surface area contributed by atoms with Gasteiger partial charge in [0.1, 0.15) is 0 Å². The number of hydrogen-bond acceptors (Lipinski definition) is 3. The molecule has 2 heterocycles. The topological polar surface area (TPSA) is 60.0 Å². The standard InChI is InChI=1S/C24H22ClN3O2S/c1-3-27-14-18(13-26-27)28-15(2)22(20-8-7-17(25)12-21(20)28)31-19-6-4-5-16(11-19)24(9-10-24)23(29)30/h4-8,11-14H,3,9-10H2,1-2H3,(H,29,30). The Bertz CT molecular complexity index is 1320. The van der Waals surface area contributed by atoms with E-state index in [0.29, 0.717) is 17.9 Å². The predicted octanol–water partition coefficient (Wildman–Crippen LogP) is 6.08. The number of carboxylic acid groups (broad SMARTS) is 1. The largest absolute Gasteiger partial charge is 0.481 e. The Hall–Kier alpha value is -2.70. The second kappa shape index (κ2) is 7.46. The summed E-state index contributed by atoms with van der Waals surface area (Å²) in [5, 5.41) is 15.9. The van der Waals surface area contributed by atoms with Gasteiger partial charge in [0.05, 0.1) is 22.8 Å². The molecule has 5 rings (SSSR count). The lowest BCUT2D eigenvalue weighted by Crippen LogP contribution is -2.19. The highest BCUT2D eigenvalue weighted by atomic mass is 35.5. The lowest BCUT2D eigenvalue weighted by molar-refractivity contribution is -0.140. The van der Waals surface area contributed by atoms with E-state index < -0.39 is 11.4 Å². The zero-order valence-electron chi connectivity index (χ0n) is 17.3. The monoisotopic (exact) mass is 451 g/mol. The normalized spacial score (nSPS) is 14.8. The lowest BCUT2D eigenvalue weighted by Gasteiger charge is -2.12. The molecule has 1 saturated carbocycles. The summed E-state index contributed by atoms with van der Waals surface area (Å²) in [6.07, 6.45) is 5.31. The molecular formula is C24H22ClN3O2S. The number of aryl methyl sites for hydroxylation is 1. The van der Waals surface area contributed by atoms with Crippen LogP contribution in [0.1, 0.15) is 31.0 Å². The number of aromatic nitrogens is 3. The molecule has 1 N–H and O–H groups in total. The number of fused-ring (bicyclic) bond motifs is 1. The first kappa shape index (κ1) is 20.2. The van der Waals surface area contributed by atoms with Gasteiger partial charge in [-0.05, 0) is 56.5 Å². The molecular weight excluding hydrogens is 430 g/mol. The maximum Gasteiger partial charge on any atom is 0.314 e. The molecule has 0 unspecified atom stereocenters. The average molecular weight is 452 g/mol. The second-order valence-corrected chi connectivity index (χ2v) is 9.50. The fourth-order valence-electron chi connectivity index (χ4n) is 4.19. The Balaban J connectivity index is 1.61. The molecule has 158 valence electrons. The molecule has 2 aromatic heterocycles. The molecule has 5 nitrogen and oxygen atoms in total. The molecule has 0 saturated heterocycles. The number of carbonyl (C=O) groups is 1. The van der Waals surface area contributed by atoms with E-state index in [0.717, 1.165) is 44.2 Å². The summed E-state index contributed by atoms with van der Waals surface area (Å²) in [4.78, 5) is 13.9. The van der Waals surface area contributed by atoms with Crippen molar-refractivity contribution in [2.45, 2.75) is 48.4 Å². The van der Waals surface area contributed by atoms with Crippen LogP contribution in [0.4, 0.5) is 0 Å². The quantitative estimate of drug-likeness (QED) is 0.386. The predicted molar refractivity (Wildman–Crippen MR) is 124 cm³/mol. The lowest BCUT2D eigenvalue weighted by atomic mass is 9.96. The number of halogens is 1. The summed E-state index contributed by atoms with van der Waals surface area (Å²) >= 11 is 8.01. The average Bonchev–Trinajstić information content (AvgIpc) is 3.38. The molecule has 2 aromatic carbocycles. The van der Waals surface area contributed by atoms with Gasteiger partial charge in [-0.1, -0.05) is 41.6 Å². The van der Waals surface area contributed by atoms with Gasteiger partial charge in [0.25, 0.3) is 0 Å². The first-order valence-corrected chi connectivity index (χ1v) is 11.5. The Labute approximate surface area is 189 Å². The van der Waals surface area contributed by atoms with Crippen LogP contribution < -0.4 is 0 Å². The molecule has 1 aliphatic carbocycles. The van der Waals surface area contributed by atoms with Crippen molar-refractivity contribution in [3.63, 3.8) is 0 Å². The zero-order valence-corrected chi connectivity index (χ0v) is 18.9. The van der Waals surface area contributed by atoms with Crippen molar-refractivity contribution in [2.75, 3.05) is 0 Å². The van der Waals surface area contributed by atoms with Crippen LogP contribution in [0.5, 0.6) is 0 Å². The molecule has 0 atom stereocenters. The minimum Gasteiger partial charge on any atom is -0.481 e. The maximum absolute atomic E-state index is 11.8. The maximum atomic E-state index is 11.8. The van der Waals surface area contributed by atoms with Gasteiger partial charge in [0, 0.05) is 38.6 Å². The fraction of sp³-hybridized carbons (Fsp3) is 0.250. The third-order valence-corrected chi connectivity index (χ3v) is 7.52. The Morgan fingerprint density at radius 2 is 2.06 bits per heavy atom. The molecule has 0 spiro atoms. The number of carboxylic acids is 1. The number of hydrogen-bond donors (Lipinski definition) is 1. The first-order chi connectivity index (χ1) is 14.9. The number of nitrogens with zero attached hydrogens (tertiary/aromatic N) is 3. The van der Waals surface area contributed by atoms with E-state index in [1.165, 1.54) is 0 Å². The molecule has 1 aliphatic rings. The molecule has 0 bridgehead atoms. The summed E-state index contributed by atoms with van der Waals surface area (Å²) in [7, 11) is 0. The third kappa shape index (κ3) is 3.34. The van der Waals surface area contributed by atoms with Gasteiger partial charge < -0.3 is 9.67 Å². The highest BCUT2D eigenvalue weighted by Gasteiger charge is 2.51. The Kier molecular flexibility index (Phi) is 4.87. The van der Waals surface area contributed by atoms with Gasteiger partial charge in [-0.15, -0.1) is 0 Å². The van der Waals surface area contributed by atoms with Crippen molar-refractivity contribution >= 4 is 40.2 Å². The third-order valence-electron chi connectivity index (χ3n) is 6.08. The van der Waals surface area contributed by atoms with Crippen LogP contribution in [-0.4, -0.2) is 25.4 Å². The molecule has 7 heteroatoms. The van der Waals surface area contributed by atoms with Crippen molar-refractivity contribution in [3.8, 4) is 5.69 Å². The van der Waals surface area contributed by atoms with Crippen molar-refractivity contribution in [1.82, 2.24) is 14.3 Å². The van der Waals surface area contributed by atoms with E-state index in [2.05, 4.69) is 29.6 Å². The summed E-state index contributed by atoms with van der Waals surface area (Å²) in [5.74, 6) is -0.731. The van der Waals surface area contributed by atoms with Gasteiger partial charge in [0.15, 0.2) is 0 Å². The van der Waals surface area contributed by atoms with E-state index in [1.54, 1.807) is 11.8 Å². The van der Waals surface area contributed by atoms with Crippen LogP contribution in [-0.2, 0) is 16.8 Å². The second-order valence-electron chi connectivity index (χ2n) is 7.98. The van der Waals surface area contributed by atoms with Crippen LogP contribution in [0.3, 0.4) is 0 Å². The highest BCUT2D eigenvalue weighted by molar-refractivity contribution is 7.99. The summed E-state index contributed by atoms with van der Waals surface area (Å²) in [5.41, 5.74) is 3.31. The minimum absolute atomic E-state index is 0.685. The Morgan fingerprint density at radius 1 is 1.26 bits per heavy atom. The number of aliphatic carboxylic acids is 1. The Morgan fingerprint density at radius 3 is 2.74 bits per heavy atom. The van der Waals surface area contributed by atoms with E-state index >= 15 is 0 Å².